The minimum absolute atomic E-state index is 0.310. The predicted octanol–water partition coefficient (Wildman–Crippen LogP) is -0.514. The van der Waals surface area contributed by atoms with Gasteiger partial charge in [0.15, 0.2) is 0 Å². The van der Waals surface area contributed by atoms with E-state index in [4.69, 9.17) is 15.2 Å². The molecule has 1 aromatic heterocycles. The molecule has 0 saturated carbocycles. The van der Waals surface area contributed by atoms with E-state index in [-0.39, 0.29) is 0 Å². The molecule has 0 atom stereocenters. The zero-order chi connectivity index (χ0) is 11.1. The highest BCUT2D eigenvalue weighted by Gasteiger charge is 2.10. The second-order valence-electron chi connectivity index (χ2n) is 2.99. The Morgan fingerprint density at radius 1 is 1.27 bits per heavy atom. The molecule has 15 heavy (non-hydrogen) atoms. The topological polar surface area (TPSA) is 89.3 Å². The lowest BCUT2D eigenvalue weighted by Crippen LogP contribution is -2.31. The first kappa shape index (κ1) is 11.7. The van der Waals surface area contributed by atoms with Gasteiger partial charge in [0.1, 0.15) is 0 Å². The molecule has 1 aromatic rings. The van der Waals surface area contributed by atoms with Gasteiger partial charge in [0.25, 0.3) is 0 Å². The maximum absolute atomic E-state index is 5.46. The van der Waals surface area contributed by atoms with Crippen LogP contribution in [0.1, 0.15) is 0 Å². The van der Waals surface area contributed by atoms with E-state index in [0.717, 1.165) is 0 Å². The van der Waals surface area contributed by atoms with E-state index in [1.165, 1.54) is 0 Å². The maximum atomic E-state index is 5.46. The van der Waals surface area contributed by atoms with Gasteiger partial charge in [-0.2, -0.15) is 4.98 Å². The SMILES string of the molecule is COCCN(CCOC)c1n[nH]c(N)n1. The van der Waals surface area contributed by atoms with Crippen molar-refractivity contribution in [2.45, 2.75) is 0 Å². The number of hydrogen-bond acceptors (Lipinski definition) is 6. The van der Waals surface area contributed by atoms with E-state index in [0.29, 0.717) is 38.2 Å². The number of nitrogens with two attached hydrogens (primary N) is 1. The summed E-state index contributed by atoms with van der Waals surface area (Å²) in [6.45, 7) is 2.63. The van der Waals surface area contributed by atoms with E-state index < -0.39 is 0 Å². The lowest BCUT2D eigenvalue weighted by molar-refractivity contribution is 0.189. The van der Waals surface area contributed by atoms with Crippen LogP contribution in [-0.4, -0.2) is 55.7 Å². The van der Waals surface area contributed by atoms with Crippen molar-refractivity contribution in [1.82, 2.24) is 15.2 Å². The number of rotatable bonds is 7. The summed E-state index contributed by atoms with van der Waals surface area (Å²) in [4.78, 5) is 5.99. The Labute approximate surface area is 88.6 Å². The van der Waals surface area contributed by atoms with Crippen molar-refractivity contribution in [2.75, 3.05) is 51.2 Å². The largest absolute Gasteiger partial charge is 0.383 e. The molecule has 0 aliphatic rings. The van der Waals surface area contributed by atoms with Crippen molar-refractivity contribution >= 4 is 11.9 Å². The minimum Gasteiger partial charge on any atom is -0.383 e. The summed E-state index contributed by atoms with van der Waals surface area (Å²) in [5.41, 5.74) is 5.46. The lowest BCUT2D eigenvalue weighted by Gasteiger charge is -2.19. The third-order valence-corrected chi connectivity index (χ3v) is 1.90. The Kier molecular flexibility index (Phi) is 4.85. The molecule has 0 radical (unpaired) electrons. The molecule has 7 nitrogen and oxygen atoms in total. The van der Waals surface area contributed by atoms with Gasteiger partial charge in [0.05, 0.1) is 13.2 Å². The quantitative estimate of drug-likeness (QED) is 0.636. The average Bonchev–Trinajstić information content (AvgIpc) is 2.65. The second-order valence-corrected chi connectivity index (χ2v) is 2.99. The number of aromatic amines is 1. The molecule has 1 heterocycles. The van der Waals surface area contributed by atoms with E-state index >= 15 is 0 Å². The van der Waals surface area contributed by atoms with Crippen LogP contribution in [0, 0.1) is 0 Å². The van der Waals surface area contributed by atoms with E-state index in [9.17, 15) is 0 Å². The molecule has 0 bridgehead atoms. The van der Waals surface area contributed by atoms with Gasteiger partial charge < -0.3 is 20.1 Å². The van der Waals surface area contributed by atoms with Crippen LogP contribution in [0.4, 0.5) is 11.9 Å². The summed E-state index contributed by atoms with van der Waals surface area (Å²) in [5, 5.41) is 6.57. The number of ether oxygens (including phenoxy) is 2. The predicted molar refractivity (Wildman–Crippen MR) is 56.8 cm³/mol. The van der Waals surface area contributed by atoms with Crippen molar-refractivity contribution in [3.05, 3.63) is 0 Å². The Morgan fingerprint density at radius 2 is 1.87 bits per heavy atom. The van der Waals surface area contributed by atoms with Crippen LogP contribution in [0.3, 0.4) is 0 Å². The van der Waals surface area contributed by atoms with Gasteiger partial charge in [0, 0.05) is 27.3 Å². The summed E-state index contributed by atoms with van der Waals surface area (Å²) >= 11 is 0. The lowest BCUT2D eigenvalue weighted by atomic mass is 10.5. The second kappa shape index (κ2) is 6.20. The molecule has 0 aromatic carbocycles. The molecule has 0 fully saturated rings. The highest BCUT2D eigenvalue weighted by atomic mass is 16.5. The molecule has 1 rings (SSSR count). The number of nitrogen functional groups attached to an aromatic ring is 1. The third kappa shape index (κ3) is 3.72. The van der Waals surface area contributed by atoms with E-state index in [1.54, 1.807) is 14.2 Å². The molecule has 3 N–H and O–H groups in total. The number of nitrogens with zero attached hydrogens (tertiary/aromatic N) is 3. The van der Waals surface area contributed by atoms with Gasteiger partial charge >= 0.3 is 0 Å². The Hall–Kier alpha value is -1.34. The highest BCUT2D eigenvalue weighted by Crippen LogP contribution is 2.06. The normalized spacial score (nSPS) is 10.5. The van der Waals surface area contributed by atoms with Gasteiger partial charge in [-0.3, -0.25) is 0 Å². The monoisotopic (exact) mass is 215 g/mol. The molecule has 0 saturated heterocycles. The van der Waals surface area contributed by atoms with Crippen molar-refractivity contribution in [1.29, 1.82) is 0 Å². The number of methoxy groups -OCH3 is 2. The first-order valence-corrected chi connectivity index (χ1v) is 4.68. The summed E-state index contributed by atoms with van der Waals surface area (Å²) in [7, 11) is 3.31. The van der Waals surface area contributed by atoms with Crippen LogP contribution in [0.5, 0.6) is 0 Å². The van der Waals surface area contributed by atoms with Gasteiger partial charge in [-0.25, -0.2) is 5.10 Å². The van der Waals surface area contributed by atoms with Crippen LogP contribution >= 0.6 is 0 Å². The smallest absolute Gasteiger partial charge is 0.246 e. The van der Waals surface area contributed by atoms with Crippen LogP contribution in [-0.2, 0) is 9.47 Å². The fourth-order valence-electron chi connectivity index (χ4n) is 1.12. The minimum atomic E-state index is 0.310. The summed E-state index contributed by atoms with van der Waals surface area (Å²) in [6.07, 6.45) is 0. The molecule has 7 heteroatoms. The molecule has 0 amide bonds. The van der Waals surface area contributed by atoms with Gasteiger partial charge in [-0.1, -0.05) is 0 Å². The van der Waals surface area contributed by atoms with Crippen LogP contribution in [0.25, 0.3) is 0 Å². The van der Waals surface area contributed by atoms with Crippen LogP contribution in [0.2, 0.25) is 0 Å². The maximum Gasteiger partial charge on any atom is 0.246 e. The molecule has 0 unspecified atom stereocenters. The molecule has 86 valence electrons. The Balaban J connectivity index is 2.54. The van der Waals surface area contributed by atoms with Crippen molar-refractivity contribution in [3.63, 3.8) is 0 Å². The molecule has 0 aliphatic carbocycles. The summed E-state index contributed by atoms with van der Waals surface area (Å²) in [6, 6.07) is 0. The van der Waals surface area contributed by atoms with Crippen LogP contribution < -0.4 is 10.6 Å². The van der Waals surface area contributed by atoms with Gasteiger partial charge in [-0.15, -0.1) is 5.10 Å². The molecule has 0 spiro atoms. The molecular weight excluding hydrogens is 198 g/mol. The zero-order valence-corrected chi connectivity index (χ0v) is 9.06. The number of H-pyrrole nitrogens is 1. The number of anilines is 2. The van der Waals surface area contributed by atoms with Crippen molar-refractivity contribution in [3.8, 4) is 0 Å². The van der Waals surface area contributed by atoms with E-state index in [2.05, 4.69) is 15.2 Å². The Bertz CT molecular complexity index is 270. The van der Waals surface area contributed by atoms with Gasteiger partial charge in [0.2, 0.25) is 11.9 Å². The number of hydrogen-bond donors (Lipinski definition) is 2. The summed E-state index contributed by atoms with van der Waals surface area (Å²) < 4.78 is 10.0. The third-order valence-electron chi connectivity index (χ3n) is 1.90. The van der Waals surface area contributed by atoms with Gasteiger partial charge in [-0.05, 0) is 0 Å². The Morgan fingerprint density at radius 3 is 2.27 bits per heavy atom. The first-order chi connectivity index (χ1) is 7.27. The van der Waals surface area contributed by atoms with Crippen LogP contribution in [0.15, 0.2) is 0 Å². The van der Waals surface area contributed by atoms with E-state index in [1.807, 2.05) is 4.90 Å². The fourth-order valence-corrected chi connectivity index (χ4v) is 1.12. The first-order valence-electron chi connectivity index (χ1n) is 4.68. The molecule has 0 aliphatic heterocycles. The van der Waals surface area contributed by atoms with Crippen molar-refractivity contribution in [2.24, 2.45) is 0 Å². The summed E-state index contributed by atoms with van der Waals surface area (Å²) in [5.74, 6) is 0.881. The fraction of sp³-hybridized carbons (Fsp3) is 0.750. The van der Waals surface area contributed by atoms with Crippen molar-refractivity contribution < 1.29 is 9.47 Å². The zero-order valence-electron chi connectivity index (χ0n) is 9.06. The average molecular weight is 215 g/mol. The molecular formula is C8H17N5O2. The number of aromatic nitrogens is 3. The number of nitrogens with one attached hydrogen (secondary N) is 1. The standard InChI is InChI=1S/C8H17N5O2/c1-14-5-3-13(4-6-15-2)8-10-7(9)11-12-8/h3-6H2,1-2H3,(H3,9,10,11,12). The highest BCUT2D eigenvalue weighted by molar-refractivity contribution is 5.33.